The largest absolute Gasteiger partial charge is 0.385 e. The van der Waals surface area contributed by atoms with E-state index in [0.717, 1.165) is 49.3 Å². The minimum absolute atomic E-state index is 0. The first-order chi connectivity index (χ1) is 11.2. The number of carbonyl (C=O) groups excluding carboxylic acids is 2. The van der Waals surface area contributed by atoms with E-state index in [1.807, 2.05) is 23.1 Å². The van der Waals surface area contributed by atoms with E-state index in [-0.39, 0.29) is 24.2 Å². The lowest BCUT2D eigenvalue weighted by molar-refractivity contribution is -0.122. The molecule has 2 N–H and O–H groups in total. The molecule has 2 aliphatic rings. The maximum absolute atomic E-state index is 12.9. The van der Waals surface area contributed by atoms with Gasteiger partial charge in [-0.25, -0.2) is 0 Å². The summed E-state index contributed by atoms with van der Waals surface area (Å²) in [4.78, 5) is 28.3. The lowest BCUT2D eigenvalue weighted by Gasteiger charge is -2.35. The number of nitrogens with one attached hydrogen (secondary N) is 2. The van der Waals surface area contributed by atoms with Crippen molar-refractivity contribution in [3.05, 3.63) is 29.3 Å². The van der Waals surface area contributed by atoms with Crippen LogP contribution in [0.5, 0.6) is 0 Å². The molecule has 1 aromatic carbocycles. The number of halogens is 1. The molecule has 3 rings (SSSR count). The molecule has 0 aliphatic carbocycles. The maximum Gasteiger partial charge on any atom is 0.254 e. The highest BCUT2D eigenvalue weighted by Crippen LogP contribution is 2.26. The number of benzene rings is 1. The fraction of sp³-hybridized carbons (Fsp3) is 0.529. The molecular weight excluding hydrogens is 328 g/mol. The van der Waals surface area contributed by atoms with Crippen molar-refractivity contribution in [1.29, 1.82) is 0 Å². The van der Waals surface area contributed by atoms with Crippen LogP contribution in [-0.4, -0.2) is 67.9 Å². The quantitative estimate of drug-likeness (QED) is 0.851. The zero-order chi connectivity index (χ0) is 16.2. The summed E-state index contributed by atoms with van der Waals surface area (Å²) in [6.07, 6.45) is 2.03. The Morgan fingerprint density at radius 3 is 2.67 bits per heavy atom. The van der Waals surface area contributed by atoms with Crippen LogP contribution in [0.25, 0.3) is 0 Å². The summed E-state index contributed by atoms with van der Waals surface area (Å²) in [5.41, 5.74) is 3.08. The van der Waals surface area contributed by atoms with Gasteiger partial charge in [0.2, 0.25) is 5.91 Å². The Labute approximate surface area is 149 Å². The van der Waals surface area contributed by atoms with Crippen LogP contribution in [0.2, 0.25) is 0 Å². The van der Waals surface area contributed by atoms with Crippen LogP contribution >= 0.6 is 12.4 Å². The number of amides is 2. The first-order valence-electron chi connectivity index (χ1n) is 8.27. The number of anilines is 1. The SMILES string of the molecule is CNC(=O)CN1CCN(C(=O)c2cccc3c2CCCN3)CC1.Cl. The van der Waals surface area contributed by atoms with Gasteiger partial charge in [0.15, 0.2) is 0 Å². The van der Waals surface area contributed by atoms with E-state index in [1.54, 1.807) is 7.05 Å². The van der Waals surface area contributed by atoms with E-state index in [4.69, 9.17) is 0 Å². The Morgan fingerprint density at radius 2 is 1.96 bits per heavy atom. The summed E-state index contributed by atoms with van der Waals surface area (Å²) < 4.78 is 0. The number of fused-ring (bicyclic) bond motifs is 1. The number of rotatable bonds is 3. The topological polar surface area (TPSA) is 64.7 Å². The summed E-state index contributed by atoms with van der Waals surface area (Å²) in [5.74, 6) is 0.137. The summed E-state index contributed by atoms with van der Waals surface area (Å²) in [6.45, 7) is 4.21. The molecule has 1 saturated heterocycles. The predicted molar refractivity (Wildman–Crippen MR) is 96.9 cm³/mol. The molecule has 2 heterocycles. The average molecular weight is 353 g/mol. The van der Waals surface area contributed by atoms with Crippen LogP contribution in [0.1, 0.15) is 22.3 Å². The molecule has 24 heavy (non-hydrogen) atoms. The highest BCUT2D eigenvalue weighted by atomic mass is 35.5. The Bertz CT molecular complexity index is 600. The molecule has 1 fully saturated rings. The zero-order valence-corrected chi connectivity index (χ0v) is 14.8. The van der Waals surface area contributed by atoms with Crippen LogP contribution in [-0.2, 0) is 11.2 Å². The molecule has 0 saturated carbocycles. The number of piperazine rings is 1. The summed E-state index contributed by atoms with van der Waals surface area (Å²) in [5, 5.41) is 6.01. The lowest BCUT2D eigenvalue weighted by atomic mass is 9.96. The fourth-order valence-corrected chi connectivity index (χ4v) is 3.27. The number of nitrogens with zero attached hydrogens (tertiary/aromatic N) is 2. The minimum Gasteiger partial charge on any atom is -0.385 e. The molecule has 1 aromatic rings. The second-order valence-electron chi connectivity index (χ2n) is 6.10. The summed E-state index contributed by atoms with van der Waals surface area (Å²) in [6, 6.07) is 5.93. The van der Waals surface area contributed by atoms with Gasteiger partial charge < -0.3 is 15.5 Å². The Kier molecular flexibility index (Phi) is 6.45. The van der Waals surface area contributed by atoms with Gasteiger partial charge in [-0.15, -0.1) is 12.4 Å². The van der Waals surface area contributed by atoms with E-state index in [0.29, 0.717) is 19.6 Å². The van der Waals surface area contributed by atoms with Crippen molar-refractivity contribution in [3.8, 4) is 0 Å². The number of carbonyl (C=O) groups is 2. The Morgan fingerprint density at radius 1 is 1.21 bits per heavy atom. The van der Waals surface area contributed by atoms with Crippen molar-refractivity contribution in [3.63, 3.8) is 0 Å². The van der Waals surface area contributed by atoms with Crippen LogP contribution in [0.4, 0.5) is 5.69 Å². The van der Waals surface area contributed by atoms with Crippen LogP contribution in [0.15, 0.2) is 18.2 Å². The van der Waals surface area contributed by atoms with Gasteiger partial charge in [-0.1, -0.05) is 6.07 Å². The predicted octanol–water partition coefficient (Wildman–Crippen LogP) is 0.970. The summed E-state index contributed by atoms with van der Waals surface area (Å²) in [7, 11) is 1.65. The molecular formula is C17H25ClN4O2. The van der Waals surface area contributed by atoms with E-state index in [2.05, 4.69) is 15.5 Å². The normalized spacial score (nSPS) is 17.3. The molecule has 0 aromatic heterocycles. The van der Waals surface area contributed by atoms with E-state index in [1.165, 1.54) is 0 Å². The number of likely N-dealkylation sites (N-methyl/N-ethyl adjacent to an activating group) is 1. The number of hydrogen-bond acceptors (Lipinski definition) is 4. The monoisotopic (exact) mass is 352 g/mol. The van der Waals surface area contributed by atoms with Crippen molar-refractivity contribution in [1.82, 2.24) is 15.1 Å². The third-order valence-corrected chi connectivity index (χ3v) is 4.63. The van der Waals surface area contributed by atoms with Crippen LogP contribution in [0, 0.1) is 0 Å². The fourth-order valence-electron chi connectivity index (χ4n) is 3.27. The second kappa shape index (κ2) is 8.35. The second-order valence-corrected chi connectivity index (χ2v) is 6.10. The van der Waals surface area contributed by atoms with E-state index < -0.39 is 0 Å². The van der Waals surface area contributed by atoms with Gasteiger partial charge in [0, 0.05) is 51.0 Å². The molecule has 0 spiro atoms. The maximum atomic E-state index is 12.9. The zero-order valence-electron chi connectivity index (χ0n) is 14.0. The van der Waals surface area contributed by atoms with Gasteiger partial charge in [-0.05, 0) is 30.5 Å². The highest BCUT2D eigenvalue weighted by Gasteiger charge is 2.25. The average Bonchev–Trinajstić information content (AvgIpc) is 2.61. The smallest absolute Gasteiger partial charge is 0.254 e. The van der Waals surface area contributed by atoms with Gasteiger partial charge >= 0.3 is 0 Å². The van der Waals surface area contributed by atoms with Gasteiger partial charge in [-0.2, -0.15) is 0 Å². The molecule has 132 valence electrons. The molecule has 0 radical (unpaired) electrons. The molecule has 2 aliphatic heterocycles. The third kappa shape index (κ3) is 3.99. The van der Waals surface area contributed by atoms with Crippen molar-refractivity contribution in [2.45, 2.75) is 12.8 Å². The standard InChI is InChI=1S/C17H24N4O2.ClH/c1-18-16(22)12-20-8-10-21(11-9-20)17(23)14-4-2-6-15-13(14)5-3-7-19-15;/h2,4,6,19H,3,5,7-12H2,1H3,(H,18,22);1H. The van der Waals surface area contributed by atoms with Gasteiger partial charge in [-0.3, -0.25) is 14.5 Å². The van der Waals surface area contributed by atoms with Gasteiger partial charge in [0.1, 0.15) is 0 Å². The van der Waals surface area contributed by atoms with Crippen molar-refractivity contribution >= 4 is 29.9 Å². The van der Waals surface area contributed by atoms with E-state index in [9.17, 15) is 9.59 Å². The summed E-state index contributed by atoms with van der Waals surface area (Å²) >= 11 is 0. The minimum atomic E-state index is 0. The third-order valence-electron chi connectivity index (χ3n) is 4.63. The van der Waals surface area contributed by atoms with Gasteiger partial charge in [0.25, 0.3) is 5.91 Å². The van der Waals surface area contributed by atoms with Gasteiger partial charge in [0.05, 0.1) is 6.54 Å². The molecule has 0 atom stereocenters. The number of hydrogen-bond donors (Lipinski definition) is 2. The molecule has 0 unspecified atom stereocenters. The first-order valence-corrected chi connectivity index (χ1v) is 8.27. The Balaban J connectivity index is 0.00000208. The molecule has 0 bridgehead atoms. The molecule has 7 heteroatoms. The van der Waals surface area contributed by atoms with Crippen molar-refractivity contribution < 1.29 is 9.59 Å². The first kappa shape index (κ1) is 18.5. The van der Waals surface area contributed by atoms with E-state index >= 15 is 0 Å². The van der Waals surface area contributed by atoms with Crippen molar-refractivity contribution in [2.75, 3.05) is 51.6 Å². The Hall–Kier alpha value is -1.79. The highest BCUT2D eigenvalue weighted by molar-refractivity contribution is 5.97. The van der Waals surface area contributed by atoms with Crippen LogP contribution < -0.4 is 10.6 Å². The molecule has 2 amide bonds. The lowest BCUT2D eigenvalue weighted by Crippen LogP contribution is -2.51. The van der Waals surface area contributed by atoms with Crippen molar-refractivity contribution in [2.24, 2.45) is 0 Å². The van der Waals surface area contributed by atoms with Crippen LogP contribution in [0.3, 0.4) is 0 Å². The molecule has 6 nitrogen and oxygen atoms in total.